The van der Waals surface area contributed by atoms with Gasteiger partial charge in [0, 0.05) is 55.4 Å². The highest BCUT2D eigenvalue weighted by molar-refractivity contribution is 5.56. The van der Waals surface area contributed by atoms with Crippen molar-refractivity contribution in [2.24, 2.45) is 0 Å². The summed E-state index contributed by atoms with van der Waals surface area (Å²) in [6, 6.07) is 20.3. The Labute approximate surface area is 186 Å². The van der Waals surface area contributed by atoms with Crippen LogP contribution in [0.25, 0.3) is 5.69 Å². The van der Waals surface area contributed by atoms with Crippen molar-refractivity contribution >= 4 is 5.69 Å². The molecule has 1 N–H and O–H groups in total. The van der Waals surface area contributed by atoms with Gasteiger partial charge >= 0.3 is 0 Å². The van der Waals surface area contributed by atoms with Crippen LogP contribution in [0.5, 0.6) is 0 Å². The number of aromatic nitrogens is 1. The molecule has 2 unspecified atom stereocenters. The smallest absolute Gasteiger partial charge is 0.0840 e. The lowest BCUT2D eigenvalue weighted by atomic mass is 9.98. The van der Waals surface area contributed by atoms with Crippen molar-refractivity contribution in [1.29, 1.82) is 0 Å². The molecule has 3 aromatic rings. The number of anilines is 1. The molecule has 1 aromatic heterocycles. The number of benzene rings is 2. The Morgan fingerprint density at radius 2 is 1.58 bits per heavy atom. The number of piperazine rings is 1. The maximum absolute atomic E-state index is 10.2. The number of para-hydroxylation sites is 1. The van der Waals surface area contributed by atoms with E-state index in [9.17, 15) is 5.11 Å². The van der Waals surface area contributed by atoms with Gasteiger partial charge in [-0.25, -0.2) is 0 Å². The average molecular weight is 418 g/mol. The minimum Gasteiger partial charge on any atom is -0.386 e. The van der Waals surface area contributed by atoms with E-state index in [1.165, 1.54) is 16.8 Å². The van der Waals surface area contributed by atoms with Crippen LogP contribution in [-0.4, -0.2) is 46.8 Å². The second kappa shape index (κ2) is 8.52. The number of aliphatic hydroxyl groups is 1. The first kappa shape index (κ1) is 21.7. The van der Waals surface area contributed by atoms with Gasteiger partial charge in [0.15, 0.2) is 0 Å². The van der Waals surface area contributed by atoms with Crippen LogP contribution in [0, 0.1) is 0 Å². The van der Waals surface area contributed by atoms with E-state index in [1.54, 1.807) is 0 Å². The molecule has 0 saturated carbocycles. The molecule has 0 radical (unpaired) electrons. The van der Waals surface area contributed by atoms with E-state index in [0.717, 1.165) is 30.8 Å². The van der Waals surface area contributed by atoms with Crippen LogP contribution in [-0.2, 0) is 12.0 Å². The molecule has 1 aliphatic rings. The Hall–Kier alpha value is -2.56. The fraction of sp³-hybridized carbons (Fsp3) is 0.407. The molecule has 31 heavy (non-hydrogen) atoms. The first-order valence-corrected chi connectivity index (χ1v) is 11.3. The Morgan fingerprint density at radius 1 is 0.935 bits per heavy atom. The standard InChI is InChI=1S/C27H35N3O/c1-20-17-30(18-21(2)28(20)5)26-9-7-6-8-23(26)16-22-14-15-29(19-22)25-12-10-24(11-13-25)27(3,4)31/h6-15,19-21,31H,16-18H2,1-5H3. The van der Waals surface area contributed by atoms with Crippen LogP contribution >= 0.6 is 0 Å². The molecule has 2 aromatic carbocycles. The normalized spacial score (nSPS) is 20.3. The molecule has 1 saturated heterocycles. The quantitative estimate of drug-likeness (QED) is 0.646. The summed E-state index contributed by atoms with van der Waals surface area (Å²) in [5.41, 5.74) is 5.25. The lowest BCUT2D eigenvalue weighted by Gasteiger charge is -2.44. The summed E-state index contributed by atoms with van der Waals surface area (Å²) in [5.74, 6) is 0. The van der Waals surface area contributed by atoms with E-state index >= 15 is 0 Å². The average Bonchev–Trinajstić information content (AvgIpc) is 3.20. The minimum absolute atomic E-state index is 0.546. The monoisotopic (exact) mass is 417 g/mol. The van der Waals surface area contributed by atoms with E-state index in [1.807, 2.05) is 26.0 Å². The van der Waals surface area contributed by atoms with Crippen LogP contribution in [0.1, 0.15) is 44.4 Å². The van der Waals surface area contributed by atoms with Crippen LogP contribution < -0.4 is 4.90 Å². The van der Waals surface area contributed by atoms with Crippen molar-refractivity contribution in [2.45, 2.75) is 51.8 Å². The van der Waals surface area contributed by atoms with Crippen molar-refractivity contribution in [3.05, 3.63) is 83.7 Å². The van der Waals surface area contributed by atoms with Crippen LogP contribution in [0.2, 0.25) is 0 Å². The fourth-order valence-electron chi connectivity index (χ4n) is 4.54. The zero-order valence-corrected chi connectivity index (χ0v) is 19.4. The number of hydrogen-bond donors (Lipinski definition) is 1. The molecule has 4 heteroatoms. The zero-order valence-electron chi connectivity index (χ0n) is 19.4. The third-order valence-corrected chi connectivity index (χ3v) is 6.71. The Bertz CT molecular complexity index is 1000. The summed E-state index contributed by atoms with van der Waals surface area (Å²) in [6.45, 7) is 10.4. The molecule has 0 bridgehead atoms. The number of nitrogens with zero attached hydrogens (tertiary/aromatic N) is 3. The Morgan fingerprint density at radius 3 is 2.23 bits per heavy atom. The van der Waals surface area contributed by atoms with Gasteiger partial charge in [-0.2, -0.15) is 0 Å². The maximum atomic E-state index is 10.2. The van der Waals surface area contributed by atoms with E-state index in [-0.39, 0.29) is 0 Å². The van der Waals surface area contributed by atoms with Gasteiger partial charge in [-0.15, -0.1) is 0 Å². The van der Waals surface area contributed by atoms with Crippen LogP contribution in [0.3, 0.4) is 0 Å². The van der Waals surface area contributed by atoms with Gasteiger partial charge in [-0.05, 0) is 75.7 Å². The lowest BCUT2D eigenvalue weighted by molar-refractivity contribution is 0.0786. The van der Waals surface area contributed by atoms with Gasteiger partial charge in [0.2, 0.25) is 0 Å². The molecule has 0 spiro atoms. The molecule has 0 amide bonds. The molecule has 2 atom stereocenters. The second-order valence-electron chi connectivity index (χ2n) is 9.61. The predicted molar refractivity (Wildman–Crippen MR) is 129 cm³/mol. The molecule has 1 fully saturated rings. The molecule has 164 valence electrons. The molecular formula is C27H35N3O. The third kappa shape index (κ3) is 4.70. The van der Waals surface area contributed by atoms with Gasteiger partial charge in [-0.1, -0.05) is 30.3 Å². The Kier molecular flexibility index (Phi) is 5.96. The second-order valence-corrected chi connectivity index (χ2v) is 9.61. The van der Waals surface area contributed by atoms with E-state index in [0.29, 0.717) is 12.1 Å². The molecule has 2 heterocycles. The van der Waals surface area contributed by atoms with Gasteiger partial charge in [0.05, 0.1) is 5.60 Å². The van der Waals surface area contributed by atoms with Crippen molar-refractivity contribution in [3.8, 4) is 5.69 Å². The maximum Gasteiger partial charge on any atom is 0.0840 e. The SMILES string of the molecule is CC1CN(c2ccccc2Cc2ccn(-c3ccc(C(C)(C)O)cc3)c2)CC(C)N1C. The molecule has 4 rings (SSSR count). The van der Waals surface area contributed by atoms with Crippen LogP contribution in [0.4, 0.5) is 5.69 Å². The van der Waals surface area contributed by atoms with E-state index in [4.69, 9.17) is 0 Å². The van der Waals surface area contributed by atoms with Crippen molar-refractivity contribution in [3.63, 3.8) is 0 Å². The first-order valence-electron chi connectivity index (χ1n) is 11.3. The van der Waals surface area contributed by atoms with E-state index in [2.05, 4.69) is 90.1 Å². The Balaban J connectivity index is 1.53. The minimum atomic E-state index is -0.817. The molecule has 0 aliphatic carbocycles. The van der Waals surface area contributed by atoms with Gasteiger partial charge in [0.1, 0.15) is 0 Å². The molecule has 1 aliphatic heterocycles. The van der Waals surface area contributed by atoms with Crippen molar-refractivity contribution < 1.29 is 5.11 Å². The number of likely N-dealkylation sites (N-methyl/N-ethyl adjacent to an activating group) is 1. The van der Waals surface area contributed by atoms with Crippen LogP contribution in [0.15, 0.2) is 67.0 Å². The zero-order chi connectivity index (χ0) is 22.2. The fourth-order valence-corrected chi connectivity index (χ4v) is 4.54. The summed E-state index contributed by atoms with van der Waals surface area (Å²) >= 11 is 0. The highest BCUT2D eigenvalue weighted by Crippen LogP contribution is 2.28. The predicted octanol–water partition coefficient (Wildman–Crippen LogP) is 4.82. The topological polar surface area (TPSA) is 31.6 Å². The van der Waals surface area contributed by atoms with Gasteiger partial charge in [0.25, 0.3) is 0 Å². The molecular weight excluding hydrogens is 382 g/mol. The third-order valence-electron chi connectivity index (χ3n) is 6.71. The van der Waals surface area contributed by atoms with Gasteiger partial charge < -0.3 is 14.6 Å². The first-order chi connectivity index (χ1) is 14.7. The highest BCUT2D eigenvalue weighted by Gasteiger charge is 2.27. The largest absolute Gasteiger partial charge is 0.386 e. The van der Waals surface area contributed by atoms with Crippen molar-refractivity contribution in [1.82, 2.24) is 9.47 Å². The van der Waals surface area contributed by atoms with Gasteiger partial charge in [-0.3, -0.25) is 4.90 Å². The number of rotatable bonds is 5. The summed E-state index contributed by atoms with van der Waals surface area (Å²) < 4.78 is 2.16. The summed E-state index contributed by atoms with van der Waals surface area (Å²) in [7, 11) is 2.23. The number of hydrogen-bond acceptors (Lipinski definition) is 3. The highest BCUT2D eigenvalue weighted by atomic mass is 16.3. The summed E-state index contributed by atoms with van der Waals surface area (Å²) in [6.07, 6.45) is 5.25. The van der Waals surface area contributed by atoms with E-state index < -0.39 is 5.60 Å². The lowest BCUT2D eigenvalue weighted by Crippen LogP contribution is -2.55. The summed E-state index contributed by atoms with van der Waals surface area (Å²) in [4.78, 5) is 5.03. The summed E-state index contributed by atoms with van der Waals surface area (Å²) in [5, 5.41) is 10.2. The van der Waals surface area contributed by atoms with Crippen molar-refractivity contribution in [2.75, 3.05) is 25.0 Å². The molecule has 4 nitrogen and oxygen atoms in total.